The van der Waals surface area contributed by atoms with Gasteiger partial charge in [0.2, 0.25) is 5.89 Å². The summed E-state index contributed by atoms with van der Waals surface area (Å²) in [5, 5.41) is 8.94. The van der Waals surface area contributed by atoms with Crippen LogP contribution in [0.3, 0.4) is 0 Å². The number of halogens is 1. The van der Waals surface area contributed by atoms with Crippen molar-refractivity contribution >= 4 is 29.1 Å². The van der Waals surface area contributed by atoms with Crippen molar-refractivity contribution in [3.63, 3.8) is 0 Å². The molecule has 2 rings (SSSR count). The molecule has 0 aliphatic carbocycles. The van der Waals surface area contributed by atoms with Gasteiger partial charge in [-0.25, -0.2) is 0 Å². The molecule has 1 aromatic heterocycles. The molecule has 0 unspecified atom stereocenters. The molecule has 0 atom stereocenters. The predicted octanol–water partition coefficient (Wildman–Crippen LogP) is 4.00. The standard InChI is InChI=1S/C14H15ClN2O2S/c1-14(2,3)12-16-17-13(19-12)20-8-11(18)9-4-6-10(15)7-5-9/h4-7H,8H2,1-3H3. The van der Waals surface area contributed by atoms with Crippen molar-refractivity contribution in [2.24, 2.45) is 0 Å². The zero-order valence-corrected chi connectivity index (χ0v) is 13.1. The Morgan fingerprint density at radius 1 is 1.25 bits per heavy atom. The van der Waals surface area contributed by atoms with Crippen LogP contribution < -0.4 is 0 Å². The number of carbonyl (C=O) groups excluding carboxylic acids is 1. The molecule has 0 aliphatic rings. The number of nitrogens with zero attached hydrogens (tertiary/aromatic N) is 2. The highest BCUT2D eigenvalue weighted by atomic mass is 35.5. The van der Waals surface area contributed by atoms with Crippen molar-refractivity contribution in [2.45, 2.75) is 31.4 Å². The largest absolute Gasteiger partial charge is 0.415 e. The van der Waals surface area contributed by atoms with Crippen LogP contribution in [0, 0.1) is 0 Å². The van der Waals surface area contributed by atoms with E-state index in [1.807, 2.05) is 20.8 Å². The molecular weight excluding hydrogens is 296 g/mol. The minimum atomic E-state index is -0.188. The number of carbonyl (C=O) groups is 1. The smallest absolute Gasteiger partial charge is 0.277 e. The third kappa shape index (κ3) is 3.84. The summed E-state index contributed by atoms with van der Waals surface area (Å²) in [5.74, 6) is 0.828. The summed E-state index contributed by atoms with van der Waals surface area (Å²) >= 11 is 7.03. The Hall–Kier alpha value is -1.33. The first-order chi connectivity index (χ1) is 9.36. The lowest BCUT2D eigenvalue weighted by Crippen LogP contribution is -2.11. The molecule has 0 aliphatic heterocycles. The number of hydrogen-bond acceptors (Lipinski definition) is 5. The van der Waals surface area contributed by atoms with E-state index in [4.69, 9.17) is 16.0 Å². The van der Waals surface area contributed by atoms with Gasteiger partial charge >= 0.3 is 0 Å². The van der Waals surface area contributed by atoms with Crippen LogP contribution in [0.1, 0.15) is 37.0 Å². The summed E-state index contributed by atoms with van der Waals surface area (Å²) < 4.78 is 5.52. The van der Waals surface area contributed by atoms with Crippen molar-refractivity contribution in [1.29, 1.82) is 0 Å². The Labute approximate surface area is 126 Å². The highest BCUT2D eigenvalue weighted by Crippen LogP contribution is 2.25. The van der Waals surface area contributed by atoms with Crippen molar-refractivity contribution in [3.8, 4) is 0 Å². The van der Waals surface area contributed by atoms with E-state index in [0.717, 1.165) is 0 Å². The molecular formula is C14H15ClN2O2S. The normalized spacial score (nSPS) is 11.6. The average Bonchev–Trinajstić information content (AvgIpc) is 2.85. The summed E-state index contributed by atoms with van der Waals surface area (Å²) in [6.07, 6.45) is 0. The van der Waals surface area contributed by atoms with Gasteiger partial charge in [0.1, 0.15) is 0 Å². The highest BCUT2D eigenvalue weighted by molar-refractivity contribution is 7.99. The van der Waals surface area contributed by atoms with Crippen LogP contribution >= 0.6 is 23.4 Å². The second-order valence-corrected chi connectivity index (χ2v) is 6.70. The first-order valence-electron chi connectivity index (χ1n) is 6.12. The van der Waals surface area contributed by atoms with E-state index in [-0.39, 0.29) is 17.0 Å². The Bertz CT molecular complexity index is 602. The molecule has 0 saturated carbocycles. The lowest BCUT2D eigenvalue weighted by atomic mass is 9.97. The molecule has 6 heteroatoms. The zero-order valence-electron chi connectivity index (χ0n) is 11.5. The second kappa shape index (κ2) is 5.97. The minimum absolute atomic E-state index is 0.00201. The highest BCUT2D eigenvalue weighted by Gasteiger charge is 2.21. The third-order valence-electron chi connectivity index (χ3n) is 2.54. The maximum atomic E-state index is 12.0. The van der Waals surface area contributed by atoms with Gasteiger partial charge in [-0.1, -0.05) is 44.1 Å². The molecule has 1 heterocycles. The number of Topliss-reactive ketones (excluding diaryl/α,β-unsaturated/α-hetero) is 1. The van der Waals surface area contributed by atoms with E-state index in [0.29, 0.717) is 21.7 Å². The molecule has 0 amide bonds. The SMILES string of the molecule is CC(C)(C)c1nnc(SCC(=O)c2ccc(Cl)cc2)o1. The van der Waals surface area contributed by atoms with Crippen molar-refractivity contribution in [2.75, 3.05) is 5.75 Å². The van der Waals surface area contributed by atoms with Gasteiger partial charge in [0.25, 0.3) is 5.22 Å². The van der Waals surface area contributed by atoms with E-state index in [9.17, 15) is 4.79 Å². The van der Waals surface area contributed by atoms with Crippen LogP contribution in [-0.2, 0) is 5.41 Å². The summed E-state index contributed by atoms with van der Waals surface area (Å²) in [7, 11) is 0. The predicted molar refractivity (Wildman–Crippen MR) is 79.5 cm³/mol. The molecule has 0 fully saturated rings. The molecule has 0 bridgehead atoms. The molecule has 0 N–H and O–H groups in total. The lowest BCUT2D eigenvalue weighted by Gasteiger charge is -2.10. The molecule has 0 spiro atoms. The molecule has 2 aromatic rings. The Balaban J connectivity index is 1.97. The van der Waals surface area contributed by atoms with Gasteiger partial charge in [-0.3, -0.25) is 4.79 Å². The Morgan fingerprint density at radius 2 is 1.90 bits per heavy atom. The van der Waals surface area contributed by atoms with Gasteiger partial charge < -0.3 is 4.42 Å². The lowest BCUT2D eigenvalue weighted by molar-refractivity contribution is 0.102. The van der Waals surface area contributed by atoms with Gasteiger partial charge in [0.05, 0.1) is 5.75 Å². The topological polar surface area (TPSA) is 56.0 Å². The molecule has 106 valence electrons. The van der Waals surface area contributed by atoms with Crippen LogP contribution in [0.25, 0.3) is 0 Å². The first-order valence-corrected chi connectivity index (χ1v) is 7.48. The summed E-state index contributed by atoms with van der Waals surface area (Å²) in [6, 6.07) is 6.81. The van der Waals surface area contributed by atoms with Crippen LogP contribution in [0.5, 0.6) is 0 Å². The van der Waals surface area contributed by atoms with Crippen LogP contribution in [-0.4, -0.2) is 21.7 Å². The van der Waals surface area contributed by atoms with E-state index in [2.05, 4.69) is 10.2 Å². The number of ketones is 1. The van der Waals surface area contributed by atoms with Crippen molar-refractivity contribution in [3.05, 3.63) is 40.7 Å². The average molecular weight is 311 g/mol. The molecule has 0 radical (unpaired) electrons. The van der Waals surface area contributed by atoms with Gasteiger partial charge in [-0.05, 0) is 24.3 Å². The fraction of sp³-hybridized carbons (Fsp3) is 0.357. The molecule has 20 heavy (non-hydrogen) atoms. The Morgan fingerprint density at radius 3 is 2.45 bits per heavy atom. The van der Waals surface area contributed by atoms with Gasteiger partial charge in [-0.15, -0.1) is 10.2 Å². The van der Waals surface area contributed by atoms with Crippen molar-refractivity contribution in [1.82, 2.24) is 10.2 Å². The van der Waals surface area contributed by atoms with Gasteiger partial charge in [-0.2, -0.15) is 0 Å². The maximum Gasteiger partial charge on any atom is 0.277 e. The number of aromatic nitrogens is 2. The number of thioether (sulfide) groups is 1. The minimum Gasteiger partial charge on any atom is -0.415 e. The number of hydrogen-bond donors (Lipinski definition) is 0. The second-order valence-electron chi connectivity index (χ2n) is 5.34. The first kappa shape index (κ1) is 15.1. The van der Waals surface area contributed by atoms with Crippen LogP contribution in [0.15, 0.2) is 33.9 Å². The van der Waals surface area contributed by atoms with Gasteiger partial charge in [0, 0.05) is 16.0 Å². The van der Waals surface area contributed by atoms with E-state index in [1.54, 1.807) is 24.3 Å². The molecule has 4 nitrogen and oxygen atoms in total. The van der Waals surface area contributed by atoms with Crippen molar-refractivity contribution < 1.29 is 9.21 Å². The van der Waals surface area contributed by atoms with E-state index in [1.165, 1.54) is 11.8 Å². The van der Waals surface area contributed by atoms with Crippen LogP contribution in [0.4, 0.5) is 0 Å². The van der Waals surface area contributed by atoms with E-state index < -0.39 is 0 Å². The molecule has 0 saturated heterocycles. The molecule has 1 aromatic carbocycles. The fourth-order valence-electron chi connectivity index (χ4n) is 1.42. The fourth-order valence-corrected chi connectivity index (χ4v) is 2.20. The summed E-state index contributed by atoms with van der Waals surface area (Å²) in [5.41, 5.74) is 0.434. The number of benzene rings is 1. The number of rotatable bonds is 4. The monoisotopic (exact) mass is 310 g/mol. The summed E-state index contributed by atoms with van der Waals surface area (Å²) in [6.45, 7) is 5.98. The van der Waals surface area contributed by atoms with Crippen LogP contribution in [0.2, 0.25) is 5.02 Å². The van der Waals surface area contributed by atoms with E-state index >= 15 is 0 Å². The quantitative estimate of drug-likeness (QED) is 0.631. The van der Waals surface area contributed by atoms with Gasteiger partial charge in [0.15, 0.2) is 5.78 Å². The third-order valence-corrected chi connectivity index (χ3v) is 3.61. The Kier molecular flexibility index (Phi) is 4.50. The summed E-state index contributed by atoms with van der Waals surface area (Å²) in [4.78, 5) is 12.0. The maximum absolute atomic E-state index is 12.0. The zero-order chi connectivity index (χ0) is 14.8.